The molecule has 2 aromatic heterocycles. The summed E-state index contributed by atoms with van der Waals surface area (Å²) >= 11 is 0. The van der Waals surface area contributed by atoms with Gasteiger partial charge in [0.05, 0.1) is 43.3 Å². The number of morpholine rings is 2. The zero-order valence-electron chi connectivity index (χ0n) is 40.8. The van der Waals surface area contributed by atoms with Gasteiger partial charge < -0.3 is 38.9 Å². The maximum atomic E-state index is 13.9. The first-order chi connectivity index (χ1) is 35.6. The lowest BCUT2D eigenvalue weighted by Gasteiger charge is -2.39. The molecule has 16 nitrogen and oxygen atoms in total. The number of aliphatic hydroxyl groups excluding tert-OH is 1. The van der Waals surface area contributed by atoms with Crippen LogP contribution in [0.1, 0.15) is 64.9 Å². The van der Waals surface area contributed by atoms with Gasteiger partial charge in [-0.3, -0.25) is 19.2 Å². The summed E-state index contributed by atoms with van der Waals surface area (Å²) in [4.78, 5) is 60.8. The van der Waals surface area contributed by atoms with Gasteiger partial charge in [-0.05, 0) is 89.2 Å². The molecule has 374 valence electrons. The van der Waals surface area contributed by atoms with Gasteiger partial charge in [0.15, 0.2) is 24.4 Å². The van der Waals surface area contributed by atoms with E-state index in [2.05, 4.69) is 10.2 Å². The molecule has 0 unspecified atom stereocenters. The number of ether oxygens (including phenoxy) is 3. The van der Waals surface area contributed by atoms with Gasteiger partial charge in [0.1, 0.15) is 0 Å². The minimum absolute atomic E-state index is 0.202. The van der Waals surface area contributed by atoms with Crippen molar-refractivity contribution >= 4 is 23.6 Å². The lowest BCUT2D eigenvalue weighted by Crippen LogP contribution is -2.57. The SMILES string of the molecule is C[C@H](c1ccc(-n2cccn2)cc1)N1CCO[C@H]([C@@H](O)C(=O)N2Cc3ccccc3C2)C1=O.C[C@H](c1ccc(-n2cccn2)cc1)N1CCO[C@H]([C@@H](OCc2ccccc2)C(=O)N2Cc3ccccc3C2)C1=O. The van der Waals surface area contributed by atoms with Crippen molar-refractivity contribution in [3.8, 4) is 11.4 Å². The molecular weight excluding hydrogens is 925 g/mol. The van der Waals surface area contributed by atoms with Gasteiger partial charge in [-0.15, -0.1) is 0 Å². The number of hydrogen-bond donors (Lipinski definition) is 1. The van der Waals surface area contributed by atoms with E-state index in [0.717, 1.165) is 50.3 Å². The number of nitrogens with zero attached hydrogens (tertiary/aromatic N) is 8. The number of fused-ring (bicyclic) bond motifs is 2. The molecule has 16 heteroatoms. The second kappa shape index (κ2) is 21.9. The Labute approximate surface area is 423 Å². The number of amides is 4. The van der Waals surface area contributed by atoms with Crippen molar-refractivity contribution in [1.82, 2.24) is 39.2 Å². The third kappa shape index (κ3) is 10.6. The van der Waals surface area contributed by atoms with Crippen LogP contribution in [0.4, 0.5) is 0 Å². The van der Waals surface area contributed by atoms with Crippen molar-refractivity contribution < 1.29 is 38.5 Å². The summed E-state index contributed by atoms with van der Waals surface area (Å²) in [5.41, 5.74) is 9.09. The lowest BCUT2D eigenvalue weighted by atomic mass is 10.0. The number of benzene rings is 5. The topological polar surface area (TPSA) is 165 Å². The van der Waals surface area contributed by atoms with Gasteiger partial charge in [0.25, 0.3) is 23.6 Å². The van der Waals surface area contributed by atoms with Crippen LogP contribution in [0.25, 0.3) is 11.4 Å². The van der Waals surface area contributed by atoms with E-state index in [4.69, 9.17) is 14.2 Å². The smallest absolute Gasteiger partial charge is 0.255 e. The number of rotatable bonds is 13. The minimum atomic E-state index is -1.54. The minimum Gasteiger partial charge on any atom is -0.380 e. The Morgan fingerprint density at radius 3 is 1.45 bits per heavy atom. The molecule has 11 rings (SSSR count). The molecule has 5 aromatic carbocycles. The molecule has 0 saturated carbocycles. The van der Waals surface area contributed by atoms with Crippen LogP contribution < -0.4 is 0 Å². The van der Waals surface area contributed by atoms with Gasteiger partial charge in [0.2, 0.25) is 0 Å². The first-order valence-electron chi connectivity index (χ1n) is 24.7. The molecule has 0 aliphatic carbocycles. The summed E-state index contributed by atoms with van der Waals surface area (Å²) in [7, 11) is 0. The zero-order chi connectivity index (χ0) is 50.4. The van der Waals surface area contributed by atoms with Crippen LogP contribution in [0.15, 0.2) is 164 Å². The largest absolute Gasteiger partial charge is 0.380 e. The fourth-order valence-corrected chi connectivity index (χ4v) is 9.99. The molecule has 2 fully saturated rings. The molecule has 4 aliphatic heterocycles. The Balaban J connectivity index is 0.000000171. The normalized spacial score (nSPS) is 19.1. The summed E-state index contributed by atoms with van der Waals surface area (Å²) in [5, 5.41) is 19.3. The maximum absolute atomic E-state index is 13.9. The monoisotopic (exact) mass is 982 g/mol. The molecule has 6 atom stereocenters. The second-order valence-electron chi connectivity index (χ2n) is 18.7. The van der Waals surface area contributed by atoms with E-state index in [-0.39, 0.29) is 43.0 Å². The summed E-state index contributed by atoms with van der Waals surface area (Å²) in [6.45, 7) is 7.40. The summed E-state index contributed by atoms with van der Waals surface area (Å²) < 4.78 is 21.4. The van der Waals surface area contributed by atoms with Gasteiger partial charge in [-0.1, -0.05) is 103 Å². The first-order valence-corrected chi connectivity index (χ1v) is 24.7. The van der Waals surface area contributed by atoms with E-state index < -0.39 is 30.3 Å². The van der Waals surface area contributed by atoms with E-state index >= 15 is 0 Å². The van der Waals surface area contributed by atoms with E-state index in [1.807, 2.05) is 166 Å². The standard InChI is InChI=1S/C32H32N4O4.C25H26N4O4/c1-23(25-12-14-28(15-13-25)36-17-7-16-33-36)35-18-19-39-30(32(35)38)29(40-22-24-8-3-2-4-9-24)31(37)34-20-26-10-5-6-11-27(26)21-34;1-17(18-7-9-21(10-8-18)29-12-4-11-26-29)28-13-14-33-23(25(28)32)22(30)24(31)27-15-19-5-2-3-6-20(19)16-27/h2-17,23,29-30H,18-22H2,1H3;2-12,17,22-23,30H,13-16H2,1H3/t23-,29-,30-;17-,22-,23-/m11/s1. The Hall–Kier alpha value is -7.76. The molecule has 0 bridgehead atoms. The second-order valence-corrected chi connectivity index (χ2v) is 18.7. The predicted octanol–water partition coefficient (Wildman–Crippen LogP) is 6.35. The van der Waals surface area contributed by atoms with E-state index in [1.165, 1.54) is 0 Å². The van der Waals surface area contributed by atoms with Gasteiger partial charge in [-0.2, -0.15) is 10.2 Å². The summed E-state index contributed by atoms with van der Waals surface area (Å²) in [6, 6.07) is 44.6. The van der Waals surface area contributed by atoms with Crippen molar-refractivity contribution in [3.63, 3.8) is 0 Å². The van der Waals surface area contributed by atoms with Crippen LogP contribution in [0.3, 0.4) is 0 Å². The van der Waals surface area contributed by atoms with Gasteiger partial charge >= 0.3 is 0 Å². The molecule has 1 N–H and O–H groups in total. The molecule has 4 amide bonds. The maximum Gasteiger partial charge on any atom is 0.255 e. The van der Waals surface area contributed by atoms with E-state index in [9.17, 15) is 24.3 Å². The molecule has 4 aliphatic rings. The van der Waals surface area contributed by atoms with Crippen LogP contribution in [-0.2, 0) is 66.2 Å². The highest BCUT2D eigenvalue weighted by atomic mass is 16.6. The highest BCUT2D eigenvalue weighted by Gasteiger charge is 2.45. The fraction of sp³-hybridized carbons (Fsp3) is 0.298. The zero-order valence-corrected chi connectivity index (χ0v) is 40.8. The molecule has 7 aromatic rings. The molecule has 0 radical (unpaired) electrons. The van der Waals surface area contributed by atoms with Crippen LogP contribution in [0, 0.1) is 0 Å². The number of carbonyl (C=O) groups is 4. The Morgan fingerprint density at radius 1 is 0.575 bits per heavy atom. The molecule has 73 heavy (non-hydrogen) atoms. The summed E-state index contributed by atoms with van der Waals surface area (Å²) in [5.74, 6) is -1.33. The van der Waals surface area contributed by atoms with Crippen LogP contribution >= 0.6 is 0 Å². The van der Waals surface area contributed by atoms with Crippen LogP contribution in [0.5, 0.6) is 0 Å². The predicted molar refractivity (Wildman–Crippen MR) is 269 cm³/mol. The van der Waals surface area contributed by atoms with Crippen molar-refractivity contribution in [2.75, 3.05) is 26.3 Å². The number of aromatic nitrogens is 4. The van der Waals surface area contributed by atoms with E-state index in [1.54, 1.807) is 41.4 Å². The van der Waals surface area contributed by atoms with Gasteiger partial charge in [0, 0.05) is 64.1 Å². The average molecular weight is 983 g/mol. The molecule has 0 spiro atoms. The third-order valence-corrected chi connectivity index (χ3v) is 14.2. The quantitative estimate of drug-likeness (QED) is 0.138. The van der Waals surface area contributed by atoms with E-state index in [0.29, 0.717) is 45.9 Å². The Morgan fingerprint density at radius 2 is 1.00 bits per heavy atom. The van der Waals surface area contributed by atoms with Crippen molar-refractivity contribution in [2.45, 2.75) is 83.1 Å². The highest BCUT2D eigenvalue weighted by Crippen LogP contribution is 2.31. The lowest BCUT2D eigenvalue weighted by molar-refractivity contribution is -0.180. The molecular formula is C57H58N8O8. The third-order valence-electron chi connectivity index (χ3n) is 14.2. The Bertz CT molecular complexity index is 2960. The number of aliphatic hydroxyl groups is 1. The highest BCUT2D eigenvalue weighted by molar-refractivity contribution is 5.93. The Kier molecular flexibility index (Phi) is 14.7. The van der Waals surface area contributed by atoms with Crippen LogP contribution in [0.2, 0.25) is 0 Å². The number of carbonyl (C=O) groups excluding carboxylic acids is 4. The number of hydrogen-bond acceptors (Lipinski definition) is 10. The van der Waals surface area contributed by atoms with Gasteiger partial charge in [-0.25, -0.2) is 9.36 Å². The average Bonchev–Trinajstić information content (AvgIpc) is 4.30. The van der Waals surface area contributed by atoms with Crippen LogP contribution in [-0.4, -0.2) is 119 Å². The van der Waals surface area contributed by atoms with Crippen molar-refractivity contribution in [3.05, 3.63) is 203 Å². The van der Waals surface area contributed by atoms with Crippen molar-refractivity contribution in [2.24, 2.45) is 0 Å². The molecule has 6 heterocycles. The fourth-order valence-electron chi connectivity index (χ4n) is 9.99. The summed E-state index contributed by atoms with van der Waals surface area (Å²) in [6.07, 6.45) is 2.38. The molecule has 2 saturated heterocycles. The first kappa shape index (κ1) is 48.8. The van der Waals surface area contributed by atoms with Crippen molar-refractivity contribution in [1.29, 1.82) is 0 Å².